The molecule has 0 atom stereocenters. The number of nitrogens with one attached hydrogen (secondary N) is 2. The Bertz CT molecular complexity index is 1530. The van der Waals surface area contributed by atoms with Crippen molar-refractivity contribution in [2.24, 2.45) is 0 Å². The van der Waals surface area contributed by atoms with Crippen LogP contribution < -0.4 is 10.0 Å². The van der Waals surface area contributed by atoms with Gasteiger partial charge >= 0.3 is 0 Å². The maximum Gasteiger partial charge on any atom is 0.263 e. The molecule has 8 nitrogen and oxygen atoms in total. The molecule has 0 unspecified atom stereocenters. The Morgan fingerprint density at radius 2 is 1.54 bits per heavy atom. The number of sulfonamides is 2. The monoisotopic (exact) mass is 561 g/mol. The van der Waals surface area contributed by atoms with Crippen LogP contribution in [0.2, 0.25) is 5.02 Å². The SMILES string of the molecule is Cc1ccc(NS(=O)(=O)c2cc(C(=O)Nc3ccc(S(=O)(=O)N4CCCCC4)cc3)ccc2Cl)c(C)c1. The molecule has 0 saturated carbocycles. The lowest BCUT2D eigenvalue weighted by Gasteiger charge is -2.25. The molecule has 0 spiro atoms. The number of halogens is 1. The number of hydrogen-bond acceptors (Lipinski definition) is 5. The van der Waals surface area contributed by atoms with Gasteiger partial charge in [0, 0.05) is 24.3 Å². The van der Waals surface area contributed by atoms with E-state index in [-0.39, 0.29) is 20.4 Å². The zero-order chi connectivity index (χ0) is 26.8. The Labute approximate surface area is 222 Å². The number of anilines is 2. The van der Waals surface area contributed by atoms with Gasteiger partial charge in [-0.25, -0.2) is 16.8 Å². The zero-order valence-corrected chi connectivity index (χ0v) is 22.9. The van der Waals surface area contributed by atoms with E-state index in [1.54, 1.807) is 19.1 Å². The minimum Gasteiger partial charge on any atom is -0.322 e. The average Bonchev–Trinajstić information content (AvgIpc) is 2.86. The van der Waals surface area contributed by atoms with Gasteiger partial charge in [0.1, 0.15) is 4.90 Å². The molecule has 196 valence electrons. The summed E-state index contributed by atoms with van der Waals surface area (Å²) >= 11 is 6.19. The first-order chi connectivity index (χ1) is 17.5. The summed E-state index contributed by atoms with van der Waals surface area (Å²) < 4.78 is 55.8. The Balaban J connectivity index is 1.51. The molecule has 0 radical (unpaired) electrons. The van der Waals surface area contributed by atoms with E-state index in [9.17, 15) is 21.6 Å². The number of benzene rings is 3. The van der Waals surface area contributed by atoms with E-state index in [0.717, 1.165) is 30.4 Å². The van der Waals surface area contributed by atoms with Gasteiger partial charge < -0.3 is 5.32 Å². The lowest BCUT2D eigenvalue weighted by molar-refractivity contribution is 0.102. The molecule has 1 fully saturated rings. The molecule has 1 heterocycles. The Hall–Kier alpha value is -2.92. The zero-order valence-electron chi connectivity index (χ0n) is 20.5. The van der Waals surface area contributed by atoms with Gasteiger partial charge in [0.25, 0.3) is 15.9 Å². The largest absolute Gasteiger partial charge is 0.322 e. The van der Waals surface area contributed by atoms with Crippen molar-refractivity contribution in [2.45, 2.75) is 42.9 Å². The van der Waals surface area contributed by atoms with Crippen molar-refractivity contribution in [3.8, 4) is 0 Å². The summed E-state index contributed by atoms with van der Waals surface area (Å²) in [4.78, 5) is 12.8. The molecule has 3 aromatic carbocycles. The summed E-state index contributed by atoms with van der Waals surface area (Å²) in [5.74, 6) is -0.564. The molecule has 0 bridgehead atoms. The van der Waals surface area contributed by atoms with Crippen LogP contribution in [0.25, 0.3) is 0 Å². The van der Waals surface area contributed by atoms with E-state index in [4.69, 9.17) is 11.6 Å². The first-order valence-corrected chi connectivity index (χ1v) is 15.1. The lowest BCUT2D eigenvalue weighted by Crippen LogP contribution is -2.35. The third-order valence-electron chi connectivity index (χ3n) is 6.17. The lowest BCUT2D eigenvalue weighted by atomic mass is 10.1. The normalized spacial score (nSPS) is 14.8. The predicted octanol–water partition coefficient (Wildman–Crippen LogP) is 5.18. The number of carbonyl (C=O) groups excluding carboxylic acids is 1. The van der Waals surface area contributed by atoms with E-state index in [1.165, 1.54) is 46.8 Å². The summed E-state index contributed by atoms with van der Waals surface area (Å²) in [6.45, 7) is 4.70. The maximum atomic E-state index is 13.1. The van der Waals surface area contributed by atoms with Crippen LogP contribution in [-0.4, -0.2) is 40.1 Å². The van der Waals surface area contributed by atoms with Crippen LogP contribution in [0, 0.1) is 13.8 Å². The minimum absolute atomic E-state index is 0.0268. The van der Waals surface area contributed by atoms with Crippen LogP contribution in [0.15, 0.2) is 70.5 Å². The van der Waals surface area contributed by atoms with E-state index >= 15 is 0 Å². The van der Waals surface area contributed by atoms with Crippen LogP contribution >= 0.6 is 11.6 Å². The highest BCUT2D eigenvalue weighted by atomic mass is 35.5. The Morgan fingerprint density at radius 1 is 0.865 bits per heavy atom. The van der Waals surface area contributed by atoms with Crippen molar-refractivity contribution in [3.63, 3.8) is 0 Å². The molecule has 11 heteroatoms. The van der Waals surface area contributed by atoms with Crippen molar-refractivity contribution in [3.05, 3.63) is 82.4 Å². The second kappa shape index (κ2) is 10.8. The highest BCUT2D eigenvalue weighted by Gasteiger charge is 2.26. The molecule has 3 aromatic rings. The number of hydrogen-bond donors (Lipinski definition) is 2. The summed E-state index contributed by atoms with van der Waals surface area (Å²) in [5.41, 5.74) is 2.61. The maximum absolute atomic E-state index is 13.1. The average molecular weight is 562 g/mol. The molecule has 1 amide bonds. The van der Waals surface area contributed by atoms with Gasteiger partial charge in [-0.05, 0) is 80.8 Å². The topological polar surface area (TPSA) is 113 Å². The van der Waals surface area contributed by atoms with Crippen LogP contribution in [0.4, 0.5) is 11.4 Å². The first kappa shape index (κ1) is 27.1. The van der Waals surface area contributed by atoms with Crippen molar-refractivity contribution in [1.82, 2.24) is 4.31 Å². The number of carbonyl (C=O) groups is 1. The molecule has 0 aromatic heterocycles. The molecule has 1 aliphatic rings. The smallest absolute Gasteiger partial charge is 0.263 e. The van der Waals surface area contributed by atoms with E-state index in [1.807, 2.05) is 13.0 Å². The molecule has 1 aliphatic heterocycles. The third-order valence-corrected chi connectivity index (χ3v) is 9.93. The fourth-order valence-corrected chi connectivity index (χ4v) is 7.32. The third kappa shape index (κ3) is 6.15. The van der Waals surface area contributed by atoms with Crippen molar-refractivity contribution in [1.29, 1.82) is 0 Å². The van der Waals surface area contributed by atoms with Gasteiger partial charge in [0.15, 0.2) is 0 Å². The van der Waals surface area contributed by atoms with Gasteiger partial charge in [-0.1, -0.05) is 35.7 Å². The van der Waals surface area contributed by atoms with E-state index in [2.05, 4.69) is 10.0 Å². The minimum atomic E-state index is -4.07. The number of nitrogens with zero attached hydrogens (tertiary/aromatic N) is 1. The van der Waals surface area contributed by atoms with Gasteiger partial charge in [0.05, 0.1) is 15.6 Å². The molecule has 37 heavy (non-hydrogen) atoms. The molecular formula is C26H28ClN3O5S2. The van der Waals surface area contributed by atoms with E-state index < -0.39 is 26.0 Å². The van der Waals surface area contributed by atoms with E-state index in [0.29, 0.717) is 24.5 Å². The van der Waals surface area contributed by atoms with Gasteiger partial charge in [-0.3, -0.25) is 9.52 Å². The predicted molar refractivity (Wildman–Crippen MR) is 145 cm³/mol. The summed E-state index contributed by atoms with van der Waals surface area (Å²) in [7, 11) is -7.66. The van der Waals surface area contributed by atoms with Crippen LogP contribution in [0.1, 0.15) is 40.7 Å². The number of aryl methyl sites for hydroxylation is 2. The molecule has 4 rings (SSSR count). The first-order valence-electron chi connectivity index (χ1n) is 11.8. The van der Waals surface area contributed by atoms with Gasteiger partial charge in [0.2, 0.25) is 10.0 Å². The second-order valence-corrected chi connectivity index (χ2v) is 13.0. The number of amides is 1. The molecule has 1 saturated heterocycles. The molecule has 0 aliphatic carbocycles. The standard InChI is InChI=1S/C26H28ClN3O5S2/c1-18-6-13-24(19(2)16-18)29-36(32,33)25-17-20(7-12-23(25)27)26(31)28-21-8-10-22(11-9-21)37(34,35)30-14-4-3-5-15-30/h6-13,16-17,29H,3-5,14-15H2,1-2H3,(H,28,31). The highest BCUT2D eigenvalue weighted by molar-refractivity contribution is 7.92. The molecular weight excluding hydrogens is 534 g/mol. The fraction of sp³-hybridized carbons (Fsp3) is 0.269. The van der Waals surface area contributed by atoms with Crippen molar-refractivity contribution < 1.29 is 21.6 Å². The van der Waals surface area contributed by atoms with Crippen LogP contribution in [0.5, 0.6) is 0 Å². The summed E-state index contributed by atoms with van der Waals surface area (Å²) in [5, 5.41) is 2.65. The second-order valence-electron chi connectivity index (χ2n) is 9.01. The van der Waals surface area contributed by atoms with Crippen molar-refractivity contribution in [2.75, 3.05) is 23.1 Å². The van der Waals surface area contributed by atoms with Crippen molar-refractivity contribution >= 4 is 48.9 Å². The number of piperidine rings is 1. The van der Waals surface area contributed by atoms with Gasteiger partial charge in [-0.2, -0.15) is 4.31 Å². The van der Waals surface area contributed by atoms with Crippen LogP contribution in [0.3, 0.4) is 0 Å². The summed E-state index contributed by atoms with van der Waals surface area (Å²) in [6.07, 6.45) is 2.70. The Kier molecular flexibility index (Phi) is 7.94. The Morgan fingerprint density at radius 3 is 2.19 bits per heavy atom. The quantitative estimate of drug-likeness (QED) is 0.412. The molecule has 2 N–H and O–H groups in total. The number of rotatable bonds is 7. The fourth-order valence-electron chi connectivity index (χ4n) is 4.15. The highest BCUT2D eigenvalue weighted by Crippen LogP contribution is 2.27. The van der Waals surface area contributed by atoms with Gasteiger partial charge in [-0.15, -0.1) is 0 Å². The summed E-state index contributed by atoms with van der Waals surface area (Å²) in [6, 6.07) is 15.2. The van der Waals surface area contributed by atoms with Crippen LogP contribution in [-0.2, 0) is 20.0 Å².